The number of nitrogens with one attached hydrogen (secondary N) is 5. The van der Waals surface area contributed by atoms with Crippen LogP contribution in [0.25, 0.3) is 10.9 Å². The summed E-state index contributed by atoms with van der Waals surface area (Å²) in [6.07, 6.45) is 3.12. The summed E-state index contributed by atoms with van der Waals surface area (Å²) in [6, 6.07) is 17.3. The molecule has 188 valence electrons. The molecule has 1 atom stereocenters. The van der Waals surface area contributed by atoms with Crippen LogP contribution in [0.15, 0.2) is 66.6 Å². The molecule has 0 radical (unpaired) electrons. The second-order valence-electron chi connectivity index (χ2n) is 8.17. The molecule has 5 rings (SSSR count). The van der Waals surface area contributed by atoms with Gasteiger partial charge in [0.1, 0.15) is 6.07 Å². The number of fused-ring (bicyclic) bond motifs is 1. The Balaban J connectivity index is 1.61. The molecule has 5 N–H and O–H groups in total. The molecule has 2 heterocycles. The molecule has 38 heavy (non-hydrogen) atoms. The summed E-state index contributed by atoms with van der Waals surface area (Å²) in [7, 11) is 0. The highest BCUT2D eigenvalue weighted by Crippen LogP contribution is 2.38. The van der Waals surface area contributed by atoms with Crippen molar-refractivity contribution in [3.05, 3.63) is 104 Å². The molecule has 0 unspecified atom stereocenters. The Labute approximate surface area is 231 Å². The van der Waals surface area contributed by atoms with E-state index in [4.69, 9.17) is 40.1 Å². The van der Waals surface area contributed by atoms with Gasteiger partial charge in [-0.1, -0.05) is 46.9 Å². The van der Waals surface area contributed by atoms with Gasteiger partial charge in [-0.3, -0.25) is 4.98 Å². The lowest BCUT2D eigenvalue weighted by molar-refractivity contribution is 0.583. The smallest absolute Gasteiger partial charge is 0.166 e. The summed E-state index contributed by atoms with van der Waals surface area (Å²) < 4.78 is 14.9. The lowest BCUT2D eigenvalue weighted by Crippen LogP contribution is -2.33. The highest BCUT2D eigenvalue weighted by Gasteiger charge is 2.22. The lowest BCUT2D eigenvalue weighted by Gasteiger charge is -2.22. The fourth-order valence-electron chi connectivity index (χ4n) is 3.99. The maximum atomic E-state index is 14.9. The maximum absolute atomic E-state index is 14.9. The average molecular weight is 566 g/mol. The predicted molar refractivity (Wildman–Crippen MR) is 146 cm³/mol. The van der Waals surface area contributed by atoms with Gasteiger partial charge in [-0.05, 0) is 42.0 Å². The van der Waals surface area contributed by atoms with Crippen LogP contribution in [0.2, 0.25) is 15.1 Å². The first-order valence-corrected chi connectivity index (χ1v) is 12.2. The van der Waals surface area contributed by atoms with E-state index in [1.165, 1.54) is 18.3 Å². The van der Waals surface area contributed by atoms with Crippen molar-refractivity contribution in [2.75, 3.05) is 10.6 Å². The first-order chi connectivity index (χ1) is 18.4. The number of aromatic nitrogens is 1. The van der Waals surface area contributed by atoms with Crippen LogP contribution in [-0.2, 0) is 0 Å². The van der Waals surface area contributed by atoms with Crippen molar-refractivity contribution in [2.45, 2.75) is 6.04 Å². The summed E-state index contributed by atoms with van der Waals surface area (Å²) in [5.41, 5.74) is 12.4. The van der Waals surface area contributed by atoms with Gasteiger partial charge in [0, 0.05) is 23.5 Å². The van der Waals surface area contributed by atoms with Crippen LogP contribution in [0.5, 0.6) is 0 Å². The van der Waals surface area contributed by atoms with E-state index >= 15 is 0 Å². The van der Waals surface area contributed by atoms with E-state index in [-0.39, 0.29) is 27.3 Å². The van der Waals surface area contributed by atoms with Crippen molar-refractivity contribution in [1.29, 1.82) is 10.5 Å². The van der Waals surface area contributed by atoms with Gasteiger partial charge in [0.25, 0.3) is 0 Å². The largest absolute Gasteiger partial charge is 0.373 e. The predicted octanol–water partition coefficient (Wildman–Crippen LogP) is 6.43. The van der Waals surface area contributed by atoms with Crippen molar-refractivity contribution in [1.82, 2.24) is 21.4 Å². The van der Waals surface area contributed by atoms with Crippen LogP contribution in [0.3, 0.4) is 0 Å². The van der Waals surface area contributed by atoms with Crippen LogP contribution in [0.4, 0.5) is 21.5 Å². The first kappa shape index (κ1) is 25.4. The fraction of sp³-hybridized carbons (Fsp3) is 0.0385. The number of hydrogen-bond donors (Lipinski definition) is 5. The molecule has 1 aliphatic rings. The Kier molecular flexibility index (Phi) is 7.10. The van der Waals surface area contributed by atoms with Crippen molar-refractivity contribution in [3.63, 3.8) is 0 Å². The molecule has 0 bridgehead atoms. The molecule has 0 saturated heterocycles. The zero-order chi connectivity index (χ0) is 26.8. The van der Waals surface area contributed by atoms with Crippen molar-refractivity contribution in [2.24, 2.45) is 0 Å². The third-order valence-corrected chi connectivity index (χ3v) is 6.91. The molecule has 1 aromatic heterocycles. The fourth-order valence-corrected chi connectivity index (χ4v) is 4.57. The van der Waals surface area contributed by atoms with Gasteiger partial charge in [-0.25, -0.2) is 4.39 Å². The molecule has 0 aliphatic carbocycles. The van der Waals surface area contributed by atoms with Gasteiger partial charge in [0.05, 0.1) is 60.9 Å². The SMILES string of the molecule is N#Cc1ccc([C@H](Nc2cc(Cl)c3ncc(C#N)c(Nc4ccc(Cl)c(Cl)c4F)c3c2)C2=CNNN2)cc1. The van der Waals surface area contributed by atoms with Crippen LogP contribution in [0.1, 0.15) is 22.7 Å². The molecule has 1 aliphatic heterocycles. The quantitative estimate of drug-likeness (QED) is 0.170. The Morgan fingerprint density at radius 2 is 1.76 bits per heavy atom. The van der Waals surface area contributed by atoms with Crippen molar-refractivity contribution < 1.29 is 4.39 Å². The summed E-state index contributed by atoms with van der Waals surface area (Å²) in [6.45, 7) is 0. The van der Waals surface area contributed by atoms with Gasteiger partial charge in [-0.2, -0.15) is 16.1 Å². The standard InChI is InChI=1S/C26H16Cl3FN8/c27-18-5-6-20(23(30)22(18)29)36-24-15(10-32)11-33-26-17(24)7-16(8-19(26)28)35-25(21-12-34-38-37-21)14-3-1-13(9-31)2-4-14/h1-8,11-12,25,34-35,37-38H,(H,33,36)/t25-/m0/s1. The summed E-state index contributed by atoms with van der Waals surface area (Å²) in [5.74, 6) is -0.756. The number of nitriles is 2. The van der Waals surface area contributed by atoms with E-state index in [0.29, 0.717) is 32.9 Å². The molecule has 0 spiro atoms. The number of pyridine rings is 1. The zero-order valence-corrected chi connectivity index (χ0v) is 21.5. The monoisotopic (exact) mass is 564 g/mol. The number of rotatable bonds is 6. The summed E-state index contributed by atoms with van der Waals surface area (Å²) >= 11 is 18.5. The number of nitrogens with zero attached hydrogens (tertiary/aromatic N) is 3. The van der Waals surface area contributed by atoms with Crippen LogP contribution >= 0.6 is 34.8 Å². The summed E-state index contributed by atoms with van der Waals surface area (Å²) in [5, 5.41) is 26.0. The Bertz CT molecular complexity index is 1680. The van der Waals surface area contributed by atoms with E-state index in [1.54, 1.807) is 30.5 Å². The zero-order valence-electron chi connectivity index (χ0n) is 19.2. The third-order valence-electron chi connectivity index (χ3n) is 5.84. The third kappa shape index (κ3) is 4.84. The van der Waals surface area contributed by atoms with Crippen LogP contribution in [0, 0.1) is 28.5 Å². The van der Waals surface area contributed by atoms with Gasteiger partial charge in [-0.15, -0.1) is 0 Å². The lowest BCUT2D eigenvalue weighted by atomic mass is 10.0. The van der Waals surface area contributed by atoms with E-state index in [2.05, 4.69) is 44.1 Å². The Hall–Kier alpha value is -4.25. The second kappa shape index (κ2) is 10.6. The topological polar surface area (TPSA) is 121 Å². The minimum absolute atomic E-state index is 0.0332. The minimum Gasteiger partial charge on any atom is -0.373 e. The molecule has 0 amide bonds. The van der Waals surface area contributed by atoms with Crippen molar-refractivity contribution >= 4 is 62.8 Å². The van der Waals surface area contributed by atoms with Crippen LogP contribution < -0.4 is 27.0 Å². The molecule has 3 aromatic carbocycles. The number of hydrazine groups is 2. The minimum atomic E-state index is -0.756. The highest BCUT2D eigenvalue weighted by molar-refractivity contribution is 6.42. The average Bonchev–Trinajstić information content (AvgIpc) is 3.47. The summed E-state index contributed by atoms with van der Waals surface area (Å²) in [4.78, 5) is 4.35. The number of benzene rings is 3. The number of anilines is 3. The molecular weight excluding hydrogens is 550 g/mol. The number of hydrogen-bond acceptors (Lipinski definition) is 8. The Morgan fingerprint density at radius 1 is 0.974 bits per heavy atom. The first-order valence-electron chi connectivity index (χ1n) is 11.1. The van der Waals surface area contributed by atoms with Gasteiger partial charge >= 0.3 is 0 Å². The molecular formula is C26H16Cl3FN8. The van der Waals surface area contributed by atoms with Crippen molar-refractivity contribution in [3.8, 4) is 12.1 Å². The molecule has 0 saturated carbocycles. The van der Waals surface area contributed by atoms with Gasteiger partial charge in [0.2, 0.25) is 0 Å². The van der Waals surface area contributed by atoms with Crippen LogP contribution in [-0.4, -0.2) is 4.98 Å². The Morgan fingerprint density at radius 3 is 2.45 bits per heavy atom. The number of halogens is 4. The molecule has 4 aromatic rings. The van der Waals surface area contributed by atoms with E-state index in [0.717, 1.165) is 11.3 Å². The molecule has 8 nitrogen and oxygen atoms in total. The normalized spacial score (nSPS) is 13.1. The van der Waals surface area contributed by atoms with E-state index < -0.39 is 5.82 Å². The molecule has 12 heteroatoms. The van der Waals surface area contributed by atoms with E-state index in [1.807, 2.05) is 12.1 Å². The second-order valence-corrected chi connectivity index (χ2v) is 9.36. The highest BCUT2D eigenvalue weighted by atomic mass is 35.5. The molecule has 0 fully saturated rings. The maximum Gasteiger partial charge on any atom is 0.166 e. The van der Waals surface area contributed by atoms with Gasteiger partial charge in [0.15, 0.2) is 5.82 Å². The van der Waals surface area contributed by atoms with E-state index in [9.17, 15) is 9.65 Å². The van der Waals surface area contributed by atoms with Gasteiger partial charge < -0.3 is 21.5 Å².